The summed E-state index contributed by atoms with van der Waals surface area (Å²) in [5, 5.41) is 4.55. The number of carbonyl (C=O) groups is 1. The van der Waals surface area contributed by atoms with Crippen molar-refractivity contribution in [2.75, 3.05) is 6.79 Å². The van der Waals surface area contributed by atoms with Crippen LogP contribution in [0.2, 0.25) is 0 Å². The standard InChI is InChI=1S/C14H12N4O3S/c19-14(18-22-13-3-1-2-6-15-13)17-16-8-10-4-5-11-12(7-10)21-9-20-11/h1-8H,9H2,(H2,17,18,19)/b16-8+. The third kappa shape index (κ3) is 3.67. The number of benzene rings is 1. The molecule has 0 saturated carbocycles. The third-order valence-corrected chi connectivity index (χ3v) is 3.40. The average molecular weight is 316 g/mol. The van der Waals surface area contributed by atoms with Crippen molar-refractivity contribution < 1.29 is 14.3 Å². The zero-order valence-corrected chi connectivity index (χ0v) is 12.2. The van der Waals surface area contributed by atoms with Gasteiger partial charge in [-0.15, -0.1) is 0 Å². The Labute approximate surface area is 130 Å². The second-order valence-corrected chi connectivity index (χ2v) is 5.01. The number of nitrogens with one attached hydrogen (secondary N) is 2. The molecule has 0 spiro atoms. The summed E-state index contributed by atoms with van der Waals surface area (Å²) < 4.78 is 13.0. The van der Waals surface area contributed by atoms with E-state index in [4.69, 9.17) is 9.47 Å². The summed E-state index contributed by atoms with van der Waals surface area (Å²) in [4.78, 5) is 15.6. The van der Waals surface area contributed by atoms with Crippen molar-refractivity contribution in [1.82, 2.24) is 15.1 Å². The molecule has 0 saturated heterocycles. The number of aromatic nitrogens is 1. The van der Waals surface area contributed by atoms with Crippen LogP contribution >= 0.6 is 11.9 Å². The van der Waals surface area contributed by atoms with E-state index >= 15 is 0 Å². The predicted octanol–water partition coefficient (Wildman–Crippen LogP) is 2.15. The molecule has 2 heterocycles. The Kier molecular flexibility index (Phi) is 4.40. The Balaban J connectivity index is 1.48. The van der Waals surface area contributed by atoms with Gasteiger partial charge in [0.2, 0.25) is 6.79 Å². The number of urea groups is 1. The molecule has 22 heavy (non-hydrogen) atoms. The number of carbonyl (C=O) groups excluding carboxylic acids is 1. The molecule has 0 unspecified atom stereocenters. The fourth-order valence-corrected chi connectivity index (χ4v) is 2.19. The molecule has 2 N–H and O–H groups in total. The van der Waals surface area contributed by atoms with Crippen LogP contribution in [0.4, 0.5) is 4.79 Å². The maximum Gasteiger partial charge on any atom is 0.345 e. The first-order valence-electron chi connectivity index (χ1n) is 6.38. The van der Waals surface area contributed by atoms with E-state index in [-0.39, 0.29) is 6.79 Å². The molecule has 2 amide bonds. The normalized spacial score (nSPS) is 12.4. The van der Waals surface area contributed by atoms with Crippen molar-refractivity contribution in [3.63, 3.8) is 0 Å². The molecular formula is C14H12N4O3S. The van der Waals surface area contributed by atoms with Gasteiger partial charge in [-0.2, -0.15) is 5.10 Å². The van der Waals surface area contributed by atoms with Gasteiger partial charge in [0.25, 0.3) is 0 Å². The number of fused-ring (bicyclic) bond motifs is 1. The smallest absolute Gasteiger partial charge is 0.345 e. The number of rotatable bonds is 4. The Morgan fingerprint density at radius 2 is 2.18 bits per heavy atom. The lowest BCUT2D eigenvalue weighted by Crippen LogP contribution is -2.27. The minimum atomic E-state index is -0.437. The third-order valence-electron chi connectivity index (χ3n) is 2.66. The van der Waals surface area contributed by atoms with Crippen LogP contribution in [0.1, 0.15) is 5.56 Å². The number of ether oxygens (including phenoxy) is 2. The van der Waals surface area contributed by atoms with Gasteiger partial charge in [0.15, 0.2) is 11.5 Å². The highest BCUT2D eigenvalue weighted by atomic mass is 32.2. The highest BCUT2D eigenvalue weighted by Crippen LogP contribution is 2.31. The molecule has 0 bridgehead atoms. The average Bonchev–Trinajstić information content (AvgIpc) is 3.02. The fraction of sp³-hybridized carbons (Fsp3) is 0.0714. The highest BCUT2D eigenvalue weighted by Gasteiger charge is 2.12. The van der Waals surface area contributed by atoms with Gasteiger partial charge in [-0.05, 0) is 35.9 Å². The molecule has 0 aliphatic carbocycles. The number of amides is 2. The van der Waals surface area contributed by atoms with Crippen molar-refractivity contribution in [2.45, 2.75) is 5.03 Å². The second-order valence-electron chi connectivity index (χ2n) is 4.18. The number of pyridine rings is 1. The van der Waals surface area contributed by atoms with E-state index in [0.29, 0.717) is 16.5 Å². The Morgan fingerprint density at radius 1 is 1.27 bits per heavy atom. The largest absolute Gasteiger partial charge is 0.454 e. The Bertz CT molecular complexity index is 694. The molecule has 7 nitrogen and oxygen atoms in total. The van der Waals surface area contributed by atoms with Crippen molar-refractivity contribution in [1.29, 1.82) is 0 Å². The van der Waals surface area contributed by atoms with E-state index in [0.717, 1.165) is 17.5 Å². The molecule has 1 aromatic carbocycles. The van der Waals surface area contributed by atoms with Crippen LogP contribution in [0.15, 0.2) is 52.7 Å². The lowest BCUT2D eigenvalue weighted by molar-refractivity contribution is 0.174. The van der Waals surface area contributed by atoms with Gasteiger partial charge in [-0.3, -0.25) is 4.72 Å². The summed E-state index contributed by atoms with van der Waals surface area (Å²) >= 11 is 1.11. The lowest BCUT2D eigenvalue weighted by atomic mass is 10.2. The van der Waals surface area contributed by atoms with Crippen LogP contribution in [0.25, 0.3) is 0 Å². The van der Waals surface area contributed by atoms with E-state index in [1.807, 2.05) is 12.1 Å². The molecule has 2 aromatic rings. The zero-order chi connectivity index (χ0) is 15.2. The minimum absolute atomic E-state index is 0.224. The van der Waals surface area contributed by atoms with Gasteiger partial charge in [0.05, 0.1) is 6.21 Å². The highest BCUT2D eigenvalue weighted by molar-refractivity contribution is 7.97. The van der Waals surface area contributed by atoms with Crippen molar-refractivity contribution in [3.05, 3.63) is 48.2 Å². The van der Waals surface area contributed by atoms with Crippen LogP contribution in [-0.2, 0) is 0 Å². The van der Waals surface area contributed by atoms with Gasteiger partial charge in [0, 0.05) is 18.1 Å². The summed E-state index contributed by atoms with van der Waals surface area (Å²) in [5.74, 6) is 1.37. The van der Waals surface area contributed by atoms with Crippen LogP contribution in [0.5, 0.6) is 11.5 Å². The van der Waals surface area contributed by atoms with E-state index < -0.39 is 6.03 Å². The molecule has 8 heteroatoms. The zero-order valence-electron chi connectivity index (χ0n) is 11.4. The predicted molar refractivity (Wildman–Crippen MR) is 81.9 cm³/mol. The number of nitrogens with zero attached hydrogens (tertiary/aromatic N) is 2. The van der Waals surface area contributed by atoms with Gasteiger partial charge in [0.1, 0.15) is 5.03 Å². The van der Waals surface area contributed by atoms with E-state index in [9.17, 15) is 4.79 Å². The maximum atomic E-state index is 11.6. The van der Waals surface area contributed by atoms with Crippen LogP contribution < -0.4 is 19.6 Å². The van der Waals surface area contributed by atoms with Gasteiger partial charge < -0.3 is 9.47 Å². The summed E-state index contributed by atoms with van der Waals surface area (Å²) in [6.07, 6.45) is 3.17. The van der Waals surface area contributed by atoms with Gasteiger partial charge in [-0.25, -0.2) is 15.2 Å². The molecule has 112 valence electrons. The van der Waals surface area contributed by atoms with E-state index in [1.165, 1.54) is 6.21 Å². The van der Waals surface area contributed by atoms with E-state index in [2.05, 4.69) is 20.2 Å². The second kappa shape index (κ2) is 6.81. The van der Waals surface area contributed by atoms with Gasteiger partial charge in [-0.1, -0.05) is 6.07 Å². The molecule has 0 radical (unpaired) electrons. The Morgan fingerprint density at radius 3 is 3.05 bits per heavy atom. The molecule has 3 rings (SSSR count). The number of hydrogen-bond donors (Lipinski definition) is 2. The molecule has 0 atom stereocenters. The van der Waals surface area contributed by atoms with Crippen molar-refractivity contribution in [3.8, 4) is 11.5 Å². The lowest BCUT2D eigenvalue weighted by Gasteiger charge is -2.02. The summed E-state index contributed by atoms with van der Waals surface area (Å²) in [6, 6.07) is 10.4. The van der Waals surface area contributed by atoms with Crippen LogP contribution in [-0.4, -0.2) is 24.0 Å². The van der Waals surface area contributed by atoms with Crippen molar-refractivity contribution in [2.24, 2.45) is 5.10 Å². The van der Waals surface area contributed by atoms with Crippen molar-refractivity contribution >= 4 is 24.2 Å². The van der Waals surface area contributed by atoms with Crippen LogP contribution in [0, 0.1) is 0 Å². The van der Waals surface area contributed by atoms with Gasteiger partial charge >= 0.3 is 6.03 Å². The van der Waals surface area contributed by atoms with E-state index in [1.54, 1.807) is 30.5 Å². The molecule has 1 aliphatic rings. The molecular weight excluding hydrogens is 304 g/mol. The first-order valence-corrected chi connectivity index (χ1v) is 7.19. The minimum Gasteiger partial charge on any atom is -0.454 e. The summed E-state index contributed by atoms with van der Waals surface area (Å²) in [6.45, 7) is 0.224. The maximum absolute atomic E-state index is 11.6. The van der Waals surface area contributed by atoms with Crippen LogP contribution in [0.3, 0.4) is 0 Å². The number of hydrazone groups is 1. The molecule has 1 aliphatic heterocycles. The summed E-state index contributed by atoms with van der Waals surface area (Å²) in [5.41, 5.74) is 3.16. The monoisotopic (exact) mass is 316 g/mol. The first-order chi connectivity index (χ1) is 10.8. The number of hydrogen-bond acceptors (Lipinski definition) is 6. The quantitative estimate of drug-likeness (QED) is 0.513. The summed E-state index contributed by atoms with van der Waals surface area (Å²) in [7, 11) is 0. The first kappa shape index (κ1) is 14.2. The SMILES string of the molecule is O=C(N/N=C/c1ccc2c(c1)OCO2)NSc1ccccn1. The topological polar surface area (TPSA) is 84.8 Å². The molecule has 1 aromatic heterocycles. The Hall–Kier alpha value is -2.74. The molecule has 0 fully saturated rings. The fourth-order valence-electron chi connectivity index (χ4n) is 1.69.